The summed E-state index contributed by atoms with van der Waals surface area (Å²) >= 11 is 0. The standard InChI is InChI=1S/C21H24N4O2/c1-14-4-5-18(20(10-14)25-16(3)11-15(2)23-25)17-12-19(22-13-17)21(26)24-6-8-27-9-7-24/h4-5,10-13,22H,6-9H2,1-3H3. The Hall–Kier alpha value is -2.86. The van der Waals surface area contributed by atoms with E-state index in [9.17, 15) is 4.79 Å². The SMILES string of the molecule is Cc1ccc(-c2c[nH]c(C(=O)N3CCOCC3)c2)c(-n2nc(C)cc2C)c1. The molecule has 0 radical (unpaired) electrons. The number of nitrogens with one attached hydrogen (secondary N) is 1. The summed E-state index contributed by atoms with van der Waals surface area (Å²) in [5, 5.41) is 4.64. The number of carbonyl (C=O) groups is 1. The van der Waals surface area contributed by atoms with E-state index in [1.54, 1.807) is 0 Å². The molecule has 3 heterocycles. The third kappa shape index (κ3) is 3.40. The van der Waals surface area contributed by atoms with Crippen molar-refractivity contribution in [3.05, 3.63) is 59.2 Å². The summed E-state index contributed by atoms with van der Waals surface area (Å²) in [6, 6.07) is 10.3. The van der Waals surface area contributed by atoms with Crippen LogP contribution in [0.3, 0.4) is 0 Å². The highest BCUT2D eigenvalue weighted by Gasteiger charge is 2.21. The van der Waals surface area contributed by atoms with Gasteiger partial charge in [-0.05, 0) is 44.5 Å². The van der Waals surface area contributed by atoms with Crippen molar-refractivity contribution in [2.24, 2.45) is 0 Å². The van der Waals surface area contributed by atoms with Gasteiger partial charge in [-0.25, -0.2) is 4.68 Å². The number of aryl methyl sites for hydroxylation is 3. The van der Waals surface area contributed by atoms with Crippen LogP contribution in [-0.2, 0) is 4.74 Å². The second kappa shape index (κ2) is 7.04. The van der Waals surface area contributed by atoms with Crippen LogP contribution in [0.5, 0.6) is 0 Å². The van der Waals surface area contributed by atoms with Crippen molar-refractivity contribution in [2.45, 2.75) is 20.8 Å². The summed E-state index contributed by atoms with van der Waals surface area (Å²) in [7, 11) is 0. The maximum atomic E-state index is 12.7. The van der Waals surface area contributed by atoms with Crippen LogP contribution >= 0.6 is 0 Å². The molecule has 3 aromatic rings. The minimum Gasteiger partial charge on any atom is -0.378 e. The predicted octanol–water partition coefficient (Wildman–Crippen LogP) is 3.27. The lowest BCUT2D eigenvalue weighted by atomic mass is 10.0. The number of rotatable bonds is 3. The van der Waals surface area contributed by atoms with Crippen LogP contribution in [0.2, 0.25) is 0 Å². The van der Waals surface area contributed by atoms with Gasteiger partial charge in [0.05, 0.1) is 24.6 Å². The second-order valence-electron chi connectivity index (χ2n) is 7.07. The summed E-state index contributed by atoms with van der Waals surface area (Å²) in [5.41, 5.74) is 6.88. The van der Waals surface area contributed by atoms with Gasteiger partial charge in [-0.1, -0.05) is 12.1 Å². The lowest BCUT2D eigenvalue weighted by Crippen LogP contribution is -2.40. The molecule has 27 heavy (non-hydrogen) atoms. The van der Waals surface area contributed by atoms with Crippen LogP contribution < -0.4 is 0 Å². The van der Waals surface area contributed by atoms with Crippen molar-refractivity contribution in [1.29, 1.82) is 0 Å². The Morgan fingerprint density at radius 2 is 1.89 bits per heavy atom. The van der Waals surface area contributed by atoms with Gasteiger partial charge in [-0.15, -0.1) is 0 Å². The molecule has 1 aromatic carbocycles. The first-order chi connectivity index (χ1) is 13.0. The highest BCUT2D eigenvalue weighted by molar-refractivity contribution is 5.94. The molecule has 0 spiro atoms. The van der Waals surface area contributed by atoms with Gasteiger partial charge in [0.2, 0.25) is 0 Å². The van der Waals surface area contributed by atoms with Crippen molar-refractivity contribution in [1.82, 2.24) is 19.7 Å². The van der Waals surface area contributed by atoms with Gasteiger partial charge in [0.25, 0.3) is 5.91 Å². The second-order valence-corrected chi connectivity index (χ2v) is 7.07. The van der Waals surface area contributed by atoms with Crippen LogP contribution in [0.4, 0.5) is 0 Å². The molecule has 0 saturated carbocycles. The fourth-order valence-corrected chi connectivity index (χ4v) is 3.54. The van der Waals surface area contributed by atoms with Crippen LogP contribution in [0.15, 0.2) is 36.5 Å². The Balaban J connectivity index is 1.71. The van der Waals surface area contributed by atoms with E-state index in [-0.39, 0.29) is 5.91 Å². The number of nitrogens with zero attached hydrogens (tertiary/aromatic N) is 3. The average Bonchev–Trinajstić information content (AvgIpc) is 3.28. The Kier molecular flexibility index (Phi) is 4.58. The number of aromatic amines is 1. The van der Waals surface area contributed by atoms with Gasteiger partial charge < -0.3 is 14.6 Å². The third-order valence-electron chi connectivity index (χ3n) is 4.91. The Morgan fingerprint density at radius 3 is 2.59 bits per heavy atom. The van der Waals surface area contributed by atoms with E-state index in [1.165, 1.54) is 5.56 Å². The number of ether oxygens (including phenoxy) is 1. The molecule has 0 bridgehead atoms. The molecule has 2 aromatic heterocycles. The average molecular weight is 364 g/mol. The zero-order valence-electron chi connectivity index (χ0n) is 16.0. The van der Waals surface area contributed by atoms with E-state index < -0.39 is 0 Å². The van der Waals surface area contributed by atoms with Gasteiger partial charge >= 0.3 is 0 Å². The summed E-state index contributed by atoms with van der Waals surface area (Å²) in [4.78, 5) is 17.7. The van der Waals surface area contributed by atoms with Gasteiger partial charge in [0.1, 0.15) is 5.69 Å². The Labute approximate surface area is 158 Å². The third-order valence-corrected chi connectivity index (χ3v) is 4.91. The maximum Gasteiger partial charge on any atom is 0.270 e. The van der Waals surface area contributed by atoms with Crippen LogP contribution in [0.1, 0.15) is 27.4 Å². The molecule has 0 atom stereocenters. The van der Waals surface area contributed by atoms with E-state index in [0.717, 1.165) is 28.2 Å². The smallest absolute Gasteiger partial charge is 0.270 e. The van der Waals surface area contributed by atoms with Gasteiger partial charge in [0.15, 0.2) is 0 Å². The summed E-state index contributed by atoms with van der Waals surface area (Å²) in [6.45, 7) is 8.58. The number of aromatic nitrogens is 3. The van der Waals surface area contributed by atoms with Crippen LogP contribution in [-0.4, -0.2) is 51.9 Å². The van der Waals surface area contributed by atoms with Crippen molar-refractivity contribution in [2.75, 3.05) is 26.3 Å². The van der Waals surface area contributed by atoms with E-state index in [2.05, 4.69) is 48.2 Å². The maximum absolute atomic E-state index is 12.7. The number of hydrogen-bond acceptors (Lipinski definition) is 3. The number of carbonyl (C=O) groups excluding carboxylic acids is 1. The predicted molar refractivity (Wildman–Crippen MR) is 104 cm³/mol. The number of hydrogen-bond donors (Lipinski definition) is 1. The molecule has 0 aliphatic carbocycles. The largest absolute Gasteiger partial charge is 0.378 e. The number of H-pyrrole nitrogens is 1. The van der Waals surface area contributed by atoms with Crippen LogP contribution in [0, 0.1) is 20.8 Å². The molecule has 0 unspecified atom stereocenters. The van der Waals surface area contributed by atoms with Gasteiger partial charge in [0, 0.05) is 36.1 Å². The molecule has 1 amide bonds. The molecule has 6 nitrogen and oxygen atoms in total. The van der Waals surface area contributed by atoms with E-state index in [1.807, 2.05) is 28.8 Å². The van der Waals surface area contributed by atoms with Crippen molar-refractivity contribution in [3.8, 4) is 16.8 Å². The summed E-state index contributed by atoms with van der Waals surface area (Å²) in [6.07, 6.45) is 1.90. The summed E-state index contributed by atoms with van der Waals surface area (Å²) < 4.78 is 7.30. The first-order valence-electron chi connectivity index (χ1n) is 9.23. The normalized spacial score (nSPS) is 14.6. The zero-order valence-corrected chi connectivity index (χ0v) is 16.0. The van der Waals surface area contributed by atoms with Crippen molar-refractivity contribution < 1.29 is 9.53 Å². The molecular formula is C21H24N4O2. The van der Waals surface area contributed by atoms with Gasteiger partial charge in [-0.3, -0.25) is 4.79 Å². The van der Waals surface area contributed by atoms with Crippen LogP contribution in [0.25, 0.3) is 16.8 Å². The summed E-state index contributed by atoms with van der Waals surface area (Å²) in [5.74, 6) is 0.0179. The first kappa shape index (κ1) is 17.5. The highest BCUT2D eigenvalue weighted by atomic mass is 16.5. The molecule has 4 rings (SSSR count). The fraction of sp³-hybridized carbons (Fsp3) is 0.333. The topological polar surface area (TPSA) is 63.1 Å². The molecule has 6 heteroatoms. The molecule has 140 valence electrons. The molecule has 1 saturated heterocycles. The zero-order chi connectivity index (χ0) is 19.0. The van der Waals surface area contributed by atoms with E-state index >= 15 is 0 Å². The first-order valence-corrected chi connectivity index (χ1v) is 9.23. The van der Waals surface area contributed by atoms with Gasteiger partial charge in [-0.2, -0.15) is 5.10 Å². The molecule has 1 aliphatic heterocycles. The number of benzene rings is 1. The number of amides is 1. The monoisotopic (exact) mass is 364 g/mol. The number of morpholine rings is 1. The van der Waals surface area contributed by atoms with Crippen molar-refractivity contribution >= 4 is 5.91 Å². The van der Waals surface area contributed by atoms with E-state index in [4.69, 9.17) is 4.74 Å². The molecule has 1 fully saturated rings. The minimum atomic E-state index is 0.0179. The fourth-order valence-electron chi connectivity index (χ4n) is 3.54. The molecular weight excluding hydrogens is 340 g/mol. The quantitative estimate of drug-likeness (QED) is 0.776. The minimum absolute atomic E-state index is 0.0179. The highest BCUT2D eigenvalue weighted by Crippen LogP contribution is 2.29. The molecule has 1 aliphatic rings. The lowest BCUT2D eigenvalue weighted by Gasteiger charge is -2.26. The lowest BCUT2D eigenvalue weighted by molar-refractivity contribution is 0.0299. The molecule has 1 N–H and O–H groups in total. The van der Waals surface area contributed by atoms with E-state index in [0.29, 0.717) is 32.0 Å². The Morgan fingerprint density at radius 1 is 1.11 bits per heavy atom. The van der Waals surface area contributed by atoms with Crippen molar-refractivity contribution in [3.63, 3.8) is 0 Å². The Bertz CT molecular complexity index is 980.